The molecule has 0 radical (unpaired) electrons. The maximum atomic E-state index is 12.1. The van der Waals surface area contributed by atoms with Crippen LogP contribution in [0.15, 0.2) is 11.7 Å². The zero-order chi connectivity index (χ0) is 11.7. The van der Waals surface area contributed by atoms with Crippen molar-refractivity contribution in [2.24, 2.45) is 7.05 Å². The predicted octanol–water partition coefficient (Wildman–Crippen LogP) is 1.92. The third-order valence-electron chi connectivity index (χ3n) is 2.61. The molecule has 0 atom stereocenters. The molecule has 16 heavy (non-hydrogen) atoms. The molecule has 0 aliphatic heterocycles. The Morgan fingerprint density at radius 1 is 1.50 bits per heavy atom. The van der Waals surface area contributed by atoms with E-state index >= 15 is 0 Å². The average Bonchev–Trinajstić information content (AvgIpc) is 2.77. The lowest BCUT2D eigenvalue weighted by Gasteiger charge is -1.99. The third kappa shape index (κ3) is 1.90. The molecule has 2 rings (SSSR count). The molecule has 0 spiro atoms. The molecule has 2 aromatic heterocycles. The summed E-state index contributed by atoms with van der Waals surface area (Å²) in [6.45, 7) is 3.78. The van der Waals surface area contributed by atoms with Gasteiger partial charge >= 0.3 is 0 Å². The molecule has 0 unspecified atom stereocenters. The van der Waals surface area contributed by atoms with Gasteiger partial charge in [-0.3, -0.25) is 14.5 Å². The number of carbonyl (C=O) groups is 1. The van der Waals surface area contributed by atoms with E-state index in [1.165, 1.54) is 11.3 Å². The van der Waals surface area contributed by atoms with Crippen molar-refractivity contribution in [3.8, 4) is 0 Å². The van der Waals surface area contributed by atoms with E-state index in [1.807, 2.05) is 20.9 Å². The van der Waals surface area contributed by atoms with Gasteiger partial charge in [0.25, 0.3) is 0 Å². The van der Waals surface area contributed by atoms with Crippen LogP contribution < -0.4 is 0 Å². The topological polar surface area (TPSA) is 47.8 Å². The lowest BCUT2D eigenvalue weighted by atomic mass is 10.1. The van der Waals surface area contributed by atoms with Crippen molar-refractivity contribution in [3.05, 3.63) is 33.5 Å². The molecule has 0 aliphatic rings. The minimum Gasteiger partial charge on any atom is -0.294 e. The number of hydrogen-bond donors (Lipinski definition) is 0. The second-order valence-electron chi connectivity index (χ2n) is 3.74. The maximum absolute atomic E-state index is 12.1. The number of aromatic nitrogens is 3. The molecule has 0 amide bonds. The van der Waals surface area contributed by atoms with Gasteiger partial charge in [-0.1, -0.05) is 0 Å². The number of aryl methyl sites for hydroxylation is 2. The SMILES string of the molecule is Cc1nn(C)c(C)c1C(=O)Cc1cncs1. The van der Waals surface area contributed by atoms with Crippen LogP contribution >= 0.6 is 11.3 Å². The van der Waals surface area contributed by atoms with Crippen LogP contribution in [-0.4, -0.2) is 20.5 Å². The van der Waals surface area contributed by atoms with Crippen LogP contribution in [0.4, 0.5) is 0 Å². The van der Waals surface area contributed by atoms with Crippen molar-refractivity contribution in [3.63, 3.8) is 0 Å². The van der Waals surface area contributed by atoms with Gasteiger partial charge in [0, 0.05) is 30.2 Å². The highest BCUT2D eigenvalue weighted by atomic mass is 32.1. The standard InChI is InChI=1S/C11H13N3OS/c1-7-11(8(2)14(3)13-7)10(15)4-9-5-12-6-16-9/h5-6H,4H2,1-3H3. The molecule has 0 saturated carbocycles. The van der Waals surface area contributed by atoms with E-state index < -0.39 is 0 Å². The molecule has 0 aliphatic carbocycles. The van der Waals surface area contributed by atoms with Gasteiger partial charge < -0.3 is 0 Å². The molecule has 2 heterocycles. The zero-order valence-electron chi connectivity index (χ0n) is 9.52. The summed E-state index contributed by atoms with van der Waals surface area (Å²) in [6.07, 6.45) is 2.15. The maximum Gasteiger partial charge on any atom is 0.171 e. The summed E-state index contributed by atoms with van der Waals surface area (Å²) < 4.78 is 1.75. The molecule has 0 fully saturated rings. The van der Waals surface area contributed by atoms with E-state index in [0.717, 1.165) is 21.8 Å². The minimum atomic E-state index is 0.118. The van der Waals surface area contributed by atoms with Gasteiger partial charge in [-0.05, 0) is 13.8 Å². The van der Waals surface area contributed by atoms with E-state index in [0.29, 0.717) is 6.42 Å². The Bertz CT molecular complexity index is 514. The molecule has 5 heteroatoms. The normalized spacial score (nSPS) is 10.7. The van der Waals surface area contributed by atoms with E-state index in [2.05, 4.69) is 10.1 Å². The fraction of sp³-hybridized carbons (Fsp3) is 0.364. The van der Waals surface area contributed by atoms with Crippen molar-refractivity contribution >= 4 is 17.1 Å². The summed E-state index contributed by atoms with van der Waals surface area (Å²) in [5.74, 6) is 0.118. The fourth-order valence-corrected chi connectivity index (χ4v) is 2.35. The summed E-state index contributed by atoms with van der Waals surface area (Å²) in [6, 6.07) is 0. The number of nitrogens with zero attached hydrogens (tertiary/aromatic N) is 3. The minimum absolute atomic E-state index is 0.118. The Morgan fingerprint density at radius 3 is 2.75 bits per heavy atom. The summed E-state index contributed by atoms with van der Waals surface area (Å²) in [7, 11) is 1.85. The van der Waals surface area contributed by atoms with Gasteiger partial charge in [-0.2, -0.15) is 5.10 Å². The van der Waals surface area contributed by atoms with E-state index in [9.17, 15) is 4.79 Å². The van der Waals surface area contributed by atoms with Crippen molar-refractivity contribution in [2.75, 3.05) is 0 Å². The first-order valence-corrected chi connectivity index (χ1v) is 5.88. The number of carbonyl (C=O) groups excluding carboxylic acids is 1. The highest BCUT2D eigenvalue weighted by Gasteiger charge is 2.17. The lowest BCUT2D eigenvalue weighted by molar-refractivity contribution is 0.0992. The predicted molar refractivity (Wildman–Crippen MR) is 62.8 cm³/mol. The van der Waals surface area contributed by atoms with Crippen molar-refractivity contribution in [1.29, 1.82) is 0 Å². The molecular formula is C11H13N3OS. The molecule has 0 bridgehead atoms. The van der Waals surface area contributed by atoms with Gasteiger partial charge in [0.2, 0.25) is 0 Å². The van der Waals surface area contributed by atoms with Gasteiger partial charge in [-0.25, -0.2) is 0 Å². The van der Waals surface area contributed by atoms with Crippen LogP contribution in [0.1, 0.15) is 26.6 Å². The first-order chi connectivity index (χ1) is 7.59. The molecule has 4 nitrogen and oxygen atoms in total. The number of rotatable bonds is 3. The number of hydrogen-bond acceptors (Lipinski definition) is 4. The summed E-state index contributed by atoms with van der Waals surface area (Å²) in [4.78, 5) is 17.1. The van der Waals surface area contributed by atoms with Gasteiger partial charge in [-0.15, -0.1) is 11.3 Å². The van der Waals surface area contributed by atoms with E-state index in [-0.39, 0.29) is 5.78 Å². The molecule has 0 N–H and O–H groups in total. The monoisotopic (exact) mass is 235 g/mol. The van der Waals surface area contributed by atoms with E-state index in [1.54, 1.807) is 16.4 Å². The average molecular weight is 235 g/mol. The fourth-order valence-electron chi connectivity index (χ4n) is 1.75. The Labute approximate surface area is 97.9 Å². The number of ketones is 1. The summed E-state index contributed by atoms with van der Waals surface area (Å²) >= 11 is 1.51. The molecule has 2 aromatic rings. The summed E-state index contributed by atoms with van der Waals surface area (Å²) in [5.41, 5.74) is 4.21. The van der Waals surface area contributed by atoms with Gasteiger partial charge in [0.15, 0.2) is 5.78 Å². The Hall–Kier alpha value is -1.49. The van der Waals surface area contributed by atoms with Crippen LogP contribution in [0.2, 0.25) is 0 Å². The highest BCUT2D eigenvalue weighted by Crippen LogP contribution is 2.16. The first-order valence-electron chi connectivity index (χ1n) is 5.00. The molecule has 0 saturated heterocycles. The smallest absolute Gasteiger partial charge is 0.171 e. The van der Waals surface area contributed by atoms with Crippen LogP contribution in [0, 0.1) is 13.8 Å². The Kier molecular flexibility index (Phi) is 2.87. The molecular weight excluding hydrogens is 222 g/mol. The molecule has 84 valence electrons. The largest absolute Gasteiger partial charge is 0.294 e. The Balaban J connectivity index is 2.27. The van der Waals surface area contributed by atoms with Crippen LogP contribution in [0.3, 0.4) is 0 Å². The van der Waals surface area contributed by atoms with Crippen LogP contribution in [0.25, 0.3) is 0 Å². The van der Waals surface area contributed by atoms with Crippen molar-refractivity contribution in [1.82, 2.24) is 14.8 Å². The quantitative estimate of drug-likeness (QED) is 0.764. The second-order valence-corrected chi connectivity index (χ2v) is 4.71. The highest BCUT2D eigenvalue weighted by molar-refractivity contribution is 7.09. The van der Waals surface area contributed by atoms with E-state index in [4.69, 9.17) is 0 Å². The number of Topliss-reactive ketones (excluding diaryl/α,β-unsaturated/α-hetero) is 1. The third-order valence-corrected chi connectivity index (χ3v) is 3.39. The molecule has 0 aromatic carbocycles. The lowest BCUT2D eigenvalue weighted by Crippen LogP contribution is -2.05. The van der Waals surface area contributed by atoms with Gasteiger partial charge in [0.05, 0.1) is 16.8 Å². The van der Waals surface area contributed by atoms with Crippen molar-refractivity contribution in [2.45, 2.75) is 20.3 Å². The zero-order valence-corrected chi connectivity index (χ0v) is 10.3. The number of thiazole rings is 1. The summed E-state index contributed by atoms with van der Waals surface area (Å²) in [5, 5.41) is 4.24. The van der Waals surface area contributed by atoms with Gasteiger partial charge in [0.1, 0.15) is 0 Å². The second kappa shape index (κ2) is 4.17. The van der Waals surface area contributed by atoms with Crippen molar-refractivity contribution < 1.29 is 4.79 Å². The first kappa shape index (κ1) is 11.0. The van der Waals surface area contributed by atoms with Crippen LogP contribution in [-0.2, 0) is 13.5 Å². The van der Waals surface area contributed by atoms with Crippen LogP contribution in [0.5, 0.6) is 0 Å². The Morgan fingerprint density at radius 2 is 2.25 bits per heavy atom.